The van der Waals surface area contributed by atoms with Crippen LogP contribution in [0.3, 0.4) is 0 Å². The molecule has 0 heterocycles. The van der Waals surface area contributed by atoms with Crippen molar-refractivity contribution in [3.63, 3.8) is 0 Å². The molecule has 0 bridgehead atoms. The summed E-state index contributed by atoms with van der Waals surface area (Å²) in [7, 11) is 0. The average molecular weight is 587 g/mol. The fourth-order valence-corrected chi connectivity index (χ4v) is 5.63. The number of unbranched alkanes of at least 4 members (excludes halogenated alkanes) is 11. The topological polar surface area (TPSA) is 26.3 Å². The van der Waals surface area contributed by atoms with Crippen molar-refractivity contribution >= 4 is 5.97 Å². The van der Waals surface area contributed by atoms with E-state index in [1.807, 2.05) is 12.1 Å². The molecule has 0 aromatic heterocycles. The van der Waals surface area contributed by atoms with Crippen molar-refractivity contribution in [2.24, 2.45) is 5.92 Å². The highest BCUT2D eigenvalue weighted by molar-refractivity contribution is 5.91. The van der Waals surface area contributed by atoms with Crippen LogP contribution in [0.15, 0.2) is 66.7 Å². The van der Waals surface area contributed by atoms with E-state index in [-0.39, 0.29) is 11.6 Å². The molecule has 3 aromatic carbocycles. The Bertz CT molecular complexity index is 1180. The molecule has 1 atom stereocenters. The van der Waals surface area contributed by atoms with Gasteiger partial charge in [0.15, 0.2) is 0 Å². The minimum absolute atomic E-state index is 0.241. The highest BCUT2D eigenvalue weighted by Gasteiger charge is 2.12. The summed E-state index contributed by atoms with van der Waals surface area (Å²) < 4.78 is 20.1. The lowest BCUT2D eigenvalue weighted by atomic mass is 9.99. The number of ether oxygens (including phenoxy) is 1. The molecular formula is C40H55FO2. The number of benzene rings is 3. The van der Waals surface area contributed by atoms with E-state index in [9.17, 15) is 9.18 Å². The van der Waals surface area contributed by atoms with Gasteiger partial charge in [0.2, 0.25) is 0 Å². The number of halogens is 1. The highest BCUT2D eigenvalue weighted by atomic mass is 19.1. The van der Waals surface area contributed by atoms with Crippen LogP contribution < -0.4 is 4.74 Å². The van der Waals surface area contributed by atoms with E-state index in [2.05, 4.69) is 45.0 Å². The monoisotopic (exact) mass is 586 g/mol. The smallest absolute Gasteiger partial charge is 0.343 e. The molecule has 0 spiro atoms. The Balaban J connectivity index is 1.38. The maximum absolute atomic E-state index is 14.6. The molecule has 0 radical (unpaired) electrons. The molecule has 3 heteroatoms. The van der Waals surface area contributed by atoms with E-state index in [4.69, 9.17) is 4.74 Å². The molecule has 1 unspecified atom stereocenters. The highest BCUT2D eigenvalue weighted by Crippen LogP contribution is 2.24. The molecule has 0 fully saturated rings. The van der Waals surface area contributed by atoms with Gasteiger partial charge in [0.1, 0.15) is 11.6 Å². The van der Waals surface area contributed by atoms with E-state index in [0.717, 1.165) is 36.3 Å². The molecule has 0 saturated carbocycles. The van der Waals surface area contributed by atoms with Crippen LogP contribution in [-0.2, 0) is 12.8 Å². The first-order chi connectivity index (χ1) is 21.0. The van der Waals surface area contributed by atoms with Crippen molar-refractivity contribution in [3.8, 4) is 16.9 Å². The second-order valence-electron chi connectivity index (χ2n) is 12.5. The molecule has 234 valence electrons. The molecule has 43 heavy (non-hydrogen) atoms. The number of carbonyl (C=O) groups is 1. The van der Waals surface area contributed by atoms with Crippen LogP contribution in [0, 0.1) is 11.7 Å². The zero-order chi connectivity index (χ0) is 30.7. The van der Waals surface area contributed by atoms with E-state index < -0.39 is 5.97 Å². The molecule has 3 rings (SSSR count). The van der Waals surface area contributed by atoms with Gasteiger partial charge in [-0.05, 0) is 72.1 Å². The largest absolute Gasteiger partial charge is 0.423 e. The van der Waals surface area contributed by atoms with Gasteiger partial charge < -0.3 is 4.74 Å². The molecule has 0 aliphatic rings. The lowest BCUT2D eigenvalue weighted by molar-refractivity contribution is 0.0734. The van der Waals surface area contributed by atoms with E-state index in [0.29, 0.717) is 17.5 Å². The van der Waals surface area contributed by atoms with Gasteiger partial charge in [-0.25, -0.2) is 9.18 Å². The molecular weight excluding hydrogens is 531 g/mol. The van der Waals surface area contributed by atoms with Gasteiger partial charge in [0.25, 0.3) is 0 Å². The summed E-state index contributed by atoms with van der Waals surface area (Å²) in [5.41, 5.74) is 4.70. The fraction of sp³-hybridized carbons (Fsp3) is 0.525. The molecule has 0 amide bonds. The Hall–Kier alpha value is -2.94. The van der Waals surface area contributed by atoms with Crippen LogP contribution >= 0.6 is 0 Å². The number of esters is 1. The van der Waals surface area contributed by atoms with Crippen molar-refractivity contribution in [2.45, 2.75) is 130 Å². The number of hydrogen-bond acceptors (Lipinski definition) is 2. The van der Waals surface area contributed by atoms with Crippen molar-refractivity contribution < 1.29 is 13.9 Å². The normalized spacial score (nSPS) is 11.9. The second-order valence-corrected chi connectivity index (χ2v) is 12.5. The molecule has 0 aliphatic carbocycles. The van der Waals surface area contributed by atoms with E-state index in [1.165, 1.54) is 95.1 Å². The summed E-state index contributed by atoms with van der Waals surface area (Å²) in [4.78, 5) is 12.7. The first-order valence-electron chi connectivity index (χ1n) is 17.2. The standard InChI is InChI=1S/C40H55FO2/c1-4-6-7-8-9-10-11-12-13-16-19-33-21-23-34(24-22-33)35-25-27-37(28-26-35)40(42)43-38-30-29-36(39(41)31-38)20-17-14-15-18-32(3)5-2/h21-32H,4-20H2,1-3H3. The Morgan fingerprint density at radius 3 is 1.84 bits per heavy atom. The van der Waals surface area contributed by atoms with E-state index in [1.54, 1.807) is 24.3 Å². The Labute approximate surface area is 261 Å². The Morgan fingerprint density at radius 2 is 1.23 bits per heavy atom. The third-order valence-electron chi connectivity index (χ3n) is 8.80. The van der Waals surface area contributed by atoms with Crippen LogP contribution in [0.4, 0.5) is 4.39 Å². The van der Waals surface area contributed by atoms with Crippen LogP contribution in [0.25, 0.3) is 11.1 Å². The lowest BCUT2D eigenvalue weighted by Crippen LogP contribution is -2.08. The maximum atomic E-state index is 14.6. The van der Waals surface area contributed by atoms with Crippen molar-refractivity contribution in [1.82, 2.24) is 0 Å². The minimum atomic E-state index is -0.476. The summed E-state index contributed by atoms with van der Waals surface area (Å²) in [5, 5.41) is 0. The zero-order valence-electron chi connectivity index (χ0n) is 27.1. The molecule has 2 nitrogen and oxygen atoms in total. The quantitative estimate of drug-likeness (QED) is 0.0705. The van der Waals surface area contributed by atoms with E-state index >= 15 is 0 Å². The predicted octanol–water partition coefficient (Wildman–Crippen LogP) is 12.3. The van der Waals surface area contributed by atoms with Crippen LogP contribution in [0.5, 0.6) is 5.75 Å². The van der Waals surface area contributed by atoms with Gasteiger partial charge in [-0.2, -0.15) is 0 Å². The first kappa shape index (κ1) is 34.5. The van der Waals surface area contributed by atoms with Crippen LogP contribution in [-0.4, -0.2) is 5.97 Å². The van der Waals surface area contributed by atoms with Gasteiger partial charge in [-0.15, -0.1) is 0 Å². The van der Waals surface area contributed by atoms with Gasteiger partial charge in [0, 0.05) is 6.07 Å². The number of carbonyl (C=O) groups excluding carboxylic acids is 1. The second kappa shape index (κ2) is 20.1. The summed E-state index contributed by atoms with van der Waals surface area (Å²) in [5.74, 6) is 0.220. The van der Waals surface area contributed by atoms with Crippen molar-refractivity contribution in [2.75, 3.05) is 0 Å². The molecule has 3 aromatic rings. The van der Waals surface area contributed by atoms with Crippen LogP contribution in [0.1, 0.15) is 139 Å². The third-order valence-corrected chi connectivity index (χ3v) is 8.80. The first-order valence-corrected chi connectivity index (χ1v) is 17.2. The van der Waals surface area contributed by atoms with Gasteiger partial charge in [-0.1, -0.05) is 147 Å². The third kappa shape index (κ3) is 13.1. The van der Waals surface area contributed by atoms with Crippen molar-refractivity contribution in [1.29, 1.82) is 0 Å². The molecule has 0 N–H and O–H groups in total. The van der Waals surface area contributed by atoms with Crippen LogP contribution in [0.2, 0.25) is 0 Å². The average Bonchev–Trinajstić information content (AvgIpc) is 3.03. The Kier molecular flexibility index (Phi) is 16.1. The number of hydrogen-bond donors (Lipinski definition) is 0. The maximum Gasteiger partial charge on any atom is 0.343 e. The summed E-state index contributed by atoms with van der Waals surface area (Å²) in [6.07, 6.45) is 21.1. The zero-order valence-corrected chi connectivity index (χ0v) is 27.1. The minimum Gasteiger partial charge on any atom is -0.423 e. The lowest BCUT2D eigenvalue weighted by Gasteiger charge is -2.09. The molecule has 0 aliphatic heterocycles. The fourth-order valence-electron chi connectivity index (χ4n) is 5.63. The SMILES string of the molecule is CCCCCCCCCCCCc1ccc(-c2ccc(C(=O)Oc3ccc(CCCCCC(C)CC)c(F)c3)cc2)cc1. The summed E-state index contributed by atoms with van der Waals surface area (Å²) >= 11 is 0. The van der Waals surface area contributed by atoms with Gasteiger partial charge >= 0.3 is 5.97 Å². The number of aryl methyl sites for hydroxylation is 2. The van der Waals surface area contributed by atoms with Crippen molar-refractivity contribution in [3.05, 3.63) is 89.2 Å². The number of rotatable bonds is 21. The summed E-state index contributed by atoms with van der Waals surface area (Å²) in [6, 6.07) is 21.0. The van der Waals surface area contributed by atoms with Gasteiger partial charge in [0.05, 0.1) is 5.56 Å². The van der Waals surface area contributed by atoms with Gasteiger partial charge in [-0.3, -0.25) is 0 Å². The Morgan fingerprint density at radius 1 is 0.674 bits per heavy atom. The molecule has 0 saturated heterocycles. The predicted molar refractivity (Wildman–Crippen MR) is 180 cm³/mol. The summed E-state index contributed by atoms with van der Waals surface area (Å²) in [6.45, 7) is 6.78.